The van der Waals surface area contributed by atoms with Crippen molar-refractivity contribution < 1.29 is 4.79 Å². The van der Waals surface area contributed by atoms with Crippen LogP contribution in [0, 0.1) is 0 Å². The number of primary amides is 1. The SMILES string of the molecule is NC=O.c1ccc2[nH]ncc2c1. The minimum absolute atomic E-state index is 0.250. The molecule has 0 saturated heterocycles. The molecule has 0 aliphatic carbocycles. The zero-order valence-corrected chi connectivity index (χ0v) is 6.40. The molecule has 0 spiro atoms. The van der Waals surface area contributed by atoms with Crippen molar-refractivity contribution in [2.75, 3.05) is 0 Å². The summed E-state index contributed by atoms with van der Waals surface area (Å²) in [6.45, 7) is 0. The molecule has 0 radical (unpaired) electrons. The van der Waals surface area contributed by atoms with Gasteiger partial charge in [0.25, 0.3) is 0 Å². The number of nitrogens with two attached hydrogens (primary N) is 1. The Balaban J connectivity index is 0.000000213. The first-order valence-electron chi connectivity index (χ1n) is 3.42. The third-order valence-electron chi connectivity index (χ3n) is 1.35. The summed E-state index contributed by atoms with van der Waals surface area (Å²) in [4.78, 5) is 8.58. The number of hydrogen-bond acceptors (Lipinski definition) is 2. The Labute approximate surface area is 69.4 Å². The molecule has 0 fully saturated rings. The molecular formula is C8H9N3O. The maximum atomic E-state index is 8.58. The van der Waals surface area contributed by atoms with Crippen LogP contribution < -0.4 is 5.73 Å². The fraction of sp³-hybridized carbons (Fsp3) is 0. The summed E-state index contributed by atoms with van der Waals surface area (Å²) >= 11 is 0. The van der Waals surface area contributed by atoms with Crippen LogP contribution in [0.2, 0.25) is 0 Å². The smallest absolute Gasteiger partial charge is 0.204 e. The Morgan fingerprint density at radius 3 is 2.75 bits per heavy atom. The molecule has 0 unspecified atom stereocenters. The van der Waals surface area contributed by atoms with Crippen molar-refractivity contribution in [1.29, 1.82) is 0 Å². The average molecular weight is 163 g/mol. The van der Waals surface area contributed by atoms with E-state index in [1.54, 1.807) is 0 Å². The number of rotatable bonds is 0. The van der Waals surface area contributed by atoms with Gasteiger partial charge >= 0.3 is 0 Å². The number of carbonyl (C=O) groups excluding carboxylic acids is 1. The lowest BCUT2D eigenvalue weighted by Crippen LogP contribution is -1.82. The van der Waals surface area contributed by atoms with E-state index in [1.807, 2.05) is 30.5 Å². The van der Waals surface area contributed by atoms with Crippen molar-refractivity contribution >= 4 is 17.3 Å². The summed E-state index contributed by atoms with van der Waals surface area (Å²) in [5.41, 5.74) is 5.26. The van der Waals surface area contributed by atoms with Gasteiger partial charge in [0, 0.05) is 5.39 Å². The number of fused-ring (bicyclic) bond motifs is 1. The zero-order valence-electron chi connectivity index (χ0n) is 6.40. The highest BCUT2D eigenvalue weighted by Crippen LogP contribution is 2.06. The Hall–Kier alpha value is -1.84. The molecule has 0 atom stereocenters. The number of benzene rings is 1. The minimum Gasteiger partial charge on any atom is -0.372 e. The summed E-state index contributed by atoms with van der Waals surface area (Å²) in [5.74, 6) is 0. The fourth-order valence-corrected chi connectivity index (χ4v) is 0.883. The van der Waals surface area contributed by atoms with E-state index < -0.39 is 0 Å². The molecule has 1 amide bonds. The van der Waals surface area contributed by atoms with Gasteiger partial charge in [-0.3, -0.25) is 9.89 Å². The Morgan fingerprint density at radius 1 is 1.42 bits per heavy atom. The van der Waals surface area contributed by atoms with Gasteiger partial charge in [-0.2, -0.15) is 5.10 Å². The summed E-state index contributed by atoms with van der Waals surface area (Å²) in [6, 6.07) is 8.01. The van der Waals surface area contributed by atoms with Crippen LogP contribution in [0.25, 0.3) is 10.9 Å². The van der Waals surface area contributed by atoms with E-state index in [2.05, 4.69) is 15.9 Å². The number of carbonyl (C=O) groups is 1. The van der Waals surface area contributed by atoms with Crippen LogP contribution in [0.4, 0.5) is 0 Å². The number of nitrogens with one attached hydrogen (secondary N) is 1. The number of para-hydroxylation sites is 1. The number of nitrogens with zero attached hydrogens (tertiary/aromatic N) is 1. The largest absolute Gasteiger partial charge is 0.372 e. The molecule has 2 aromatic rings. The maximum absolute atomic E-state index is 8.58. The molecule has 4 nitrogen and oxygen atoms in total. The third kappa shape index (κ3) is 1.82. The van der Waals surface area contributed by atoms with Crippen LogP contribution in [0.3, 0.4) is 0 Å². The van der Waals surface area contributed by atoms with Gasteiger partial charge in [-0.1, -0.05) is 18.2 Å². The van der Waals surface area contributed by atoms with Crippen LogP contribution in [0.1, 0.15) is 0 Å². The first kappa shape index (κ1) is 8.26. The fourth-order valence-electron chi connectivity index (χ4n) is 0.883. The molecule has 3 N–H and O–H groups in total. The summed E-state index contributed by atoms with van der Waals surface area (Å²) < 4.78 is 0. The van der Waals surface area contributed by atoms with E-state index in [-0.39, 0.29) is 6.41 Å². The van der Waals surface area contributed by atoms with E-state index in [0.717, 1.165) is 10.9 Å². The predicted molar refractivity (Wildman–Crippen MR) is 46.3 cm³/mol. The molecule has 0 saturated carbocycles. The lowest BCUT2D eigenvalue weighted by molar-refractivity contribution is -0.106. The molecule has 62 valence electrons. The third-order valence-corrected chi connectivity index (χ3v) is 1.35. The van der Waals surface area contributed by atoms with Gasteiger partial charge in [-0.05, 0) is 6.07 Å². The second-order valence-electron chi connectivity index (χ2n) is 2.09. The minimum atomic E-state index is 0.250. The molecule has 0 bridgehead atoms. The Morgan fingerprint density at radius 2 is 2.08 bits per heavy atom. The molecule has 1 aromatic carbocycles. The van der Waals surface area contributed by atoms with Gasteiger partial charge in [-0.15, -0.1) is 0 Å². The number of aromatic amines is 1. The quantitative estimate of drug-likeness (QED) is 0.560. The van der Waals surface area contributed by atoms with Crippen molar-refractivity contribution in [3.05, 3.63) is 30.5 Å². The van der Waals surface area contributed by atoms with Crippen molar-refractivity contribution in [3.63, 3.8) is 0 Å². The number of amides is 1. The first-order valence-corrected chi connectivity index (χ1v) is 3.42. The lowest BCUT2D eigenvalue weighted by atomic mass is 10.3. The second-order valence-corrected chi connectivity index (χ2v) is 2.09. The molecule has 1 heterocycles. The van der Waals surface area contributed by atoms with E-state index in [9.17, 15) is 0 Å². The van der Waals surface area contributed by atoms with Gasteiger partial charge in [0.2, 0.25) is 6.41 Å². The van der Waals surface area contributed by atoms with Crippen LogP contribution in [0.5, 0.6) is 0 Å². The number of H-pyrrole nitrogens is 1. The monoisotopic (exact) mass is 163 g/mol. The Kier molecular flexibility index (Phi) is 2.84. The standard InChI is InChI=1S/C7H6N2.CH3NO/c1-2-4-7-6(3-1)5-8-9-7;2-1-3/h1-5H,(H,8,9);1H,(H2,2,3). The molecule has 1 aromatic heterocycles. The number of hydrogen-bond donors (Lipinski definition) is 2. The van der Waals surface area contributed by atoms with E-state index in [0.29, 0.717) is 0 Å². The summed E-state index contributed by atoms with van der Waals surface area (Å²) in [7, 11) is 0. The lowest BCUT2D eigenvalue weighted by Gasteiger charge is -1.81. The van der Waals surface area contributed by atoms with Crippen molar-refractivity contribution in [2.24, 2.45) is 5.73 Å². The van der Waals surface area contributed by atoms with Crippen LogP contribution in [-0.2, 0) is 4.79 Å². The predicted octanol–water partition coefficient (Wildman–Crippen LogP) is 0.664. The van der Waals surface area contributed by atoms with Crippen molar-refractivity contribution in [2.45, 2.75) is 0 Å². The highest BCUT2D eigenvalue weighted by Gasteiger charge is 1.88. The van der Waals surface area contributed by atoms with Crippen molar-refractivity contribution in [3.8, 4) is 0 Å². The van der Waals surface area contributed by atoms with Gasteiger partial charge < -0.3 is 5.73 Å². The molecular weight excluding hydrogens is 154 g/mol. The summed E-state index contributed by atoms with van der Waals surface area (Å²) in [5, 5.41) is 7.91. The Bertz CT molecular complexity index is 326. The van der Waals surface area contributed by atoms with Crippen molar-refractivity contribution in [1.82, 2.24) is 10.2 Å². The first-order chi connectivity index (χ1) is 5.88. The highest BCUT2D eigenvalue weighted by atomic mass is 16.1. The number of aromatic nitrogens is 2. The van der Waals surface area contributed by atoms with Gasteiger partial charge in [0.05, 0.1) is 11.7 Å². The normalized spacial score (nSPS) is 8.67. The van der Waals surface area contributed by atoms with Gasteiger partial charge in [0.15, 0.2) is 0 Å². The summed E-state index contributed by atoms with van der Waals surface area (Å²) in [6.07, 6.45) is 2.06. The van der Waals surface area contributed by atoms with E-state index in [4.69, 9.17) is 4.79 Å². The molecule has 2 rings (SSSR count). The van der Waals surface area contributed by atoms with E-state index >= 15 is 0 Å². The van der Waals surface area contributed by atoms with E-state index in [1.165, 1.54) is 0 Å². The van der Waals surface area contributed by atoms with Gasteiger partial charge in [0.1, 0.15) is 0 Å². The zero-order chi connectivity index (χ0) is 8.81. The highest BCUT2D eigenvalue weighted by molar-refractivity contribution is 5.77. The molecule has 0 aliphatic heterocycles. The average Bonchev–Trinajstić information content (AvgIpc) is 2.52. The second kappa shape index (κ2) is 4.12. The molecule has 12 heavy (non-hydrogen) atoms. The topological polar surface area (TPSA) is 71.8 Å². The van der Waals surface area contributed by atoms with Crippen LogP contribution in [0.15, 0.2) is 30.5 Å². The molecule has 4 heteroatoms. The van der Waals surface area contributed by atoms with Crippen LogP contribution >= 0.6 is 0 Å². The van der Waals surface area contributed by atoms with Gasteiger partial charge in [-0.25, -0.2) is 0 Å². The molecule has 0 aliphatic rings. The van der Waals surface area contributed by atoms with Crippen LogP contribution in [-0.4, -0.2) is 16.6 Å². The maximum Gasteiger partial charge on any atom is 0.204 e.